The van der Waals surface area contributed by atoms with Crippen LogP contribution in [0.5, 0.6) is 11.5 Å². The van der Waals surface area contributed by atoms with Crippen molar-refractivity contribution in [1.82, 2.24) is 5.43 Å². The average Bonchev–Trinajstić information content (AvgIpc) is 2.65. The summed E-state index contributed by atoms with van der Waals surface area (Å²) >= 11 is 0. The highest BCUT2D eigenvalue weighted by atomic mass is 32.2. The third kappa shape index (κ3) is 4.06. The second kappa shape index (κ2) is 8.07. The van der Waals surface area contributed by atoms with Crippen LogP contribution in [0.1, 0.15) is 5.56 Å². The lowest BCUT2D eigenvalue weighted by Crippen LogP contribution is -2.43. The summed E-state index contributed by atoms with van der Waals surface area (Å²) in [5.41, 5.74) is 3.25. The molecule has 0 unspecified atom stereocenters. The second-order valence-corrected chi connectivity index (χ2v) is 7.29. The van der Waals surface area contributed by atoms with E-state index in [1.807, 2.05) is 12.3 Å². The van der Waals surface area contributed by atoms with Gasteiger partial charge in [0.2, 0.25) is 0 Å². The van der Waals surface area contributed by atoms with E-state index >= 15 is 0 Å². The molecule has 9 heteroatoms. The zero-order valence-electron chi connectivity index (χ0n) is 14.7. The van der Waals surface area contributed by atoms with Gasteiger partial charge in [0.1, 0.15) is 6.54 Å². The molecule has 26 heavy (non-hydrogen) atoms. The van der Waals surface area contributed by atoms with Gasteiger partial charge in [0, 0.05) is 6.07 Å². The van der Waals surface area contributed by atoms with Crippen LogP contribution in [0.4, 0.5) is 5.69 Å². The SMILES string of the molecule is COc1ccc(S(=O)(=O)N(CC(=O)NN)c2ccc(C)cc2)cc1OC. The van der Waals surface area contributed by atoms with Crippen LogP contribution in [0.25, 0.3) is 0 Å². The van der Waals surface area contributed by atoms with E-state index in [-0.39, 0.29) is 10.6 Å². The highest BCUT2D eigenvalue weighted by Gasteiger charge is 2.28. The number of aryl methyl sites for hydroxylation is 1. The van der Waals surface area contributed by atoms with E-state index in [9.17, 15) is 13.2 Å². The summed E-state index contributed by atoms with van der Waals surface area (Å²) in [7, 11) is -1.18. The molecular weight excluding hydrogens is 358 g/mol. The molecule has 2 aromatic rings. The lowest BCUT2D eigenvalue weighted by molar-refractivity contribution is -0.119. The number of hydrazine groups is 1. The van der Waals surface area contributed by atoms with Crippen molar-refractivity contribution in [2.45, 2.75) is 11.8 Å². The Balaban J connectivity index is 2.54. The number of hydrogen-bond acceptors (Lipinski definition) is 6. The molecule has 0 aliphatic heterocycles. The molecule has 0 atom stereocenters. The number of nitrogens with two attached hydrogens (primary N) is 1. The van der Waals surface area contributed by atoms with Crippen LogP contribution < -0.4 is 25.0 Å². The van der Waals surface area contributed by atoms with Crippen molar-refractivity contribution in [3.8, 4) is 11.5 Å². The minimum Gasteiger partial charge on any atom is -0.493 e. The van der Waals surface area contributed by atoms with Crippen molar-refractivity contribution in [2.75, 3.05) is 25.1 Å². The molecule has 0 aromatic heterocycles. The Hall–Kier alpha value is -2.78. The van der Waals surface area contributed by atoms with Gasteiger partial charge in [-0.25, -0.2) is 14.3 Å². The van der Waals surface area contributed by atoms with Gasteiger partial charge in [-0.2, -0.15) is 0 Å². The molecular formula is C17H21N3O5S. The topological polar surface area (TPSA) is 111 Å². The number of hydrogen-bond donors (Lipinski definition) is 2. The first-order valence-corrected chi connectivity index (χ1v) is 9.08. The summed E-state index contributed by atoms with van der Waals surface area (Å²) in [5.74, 6) is 5.15. The molecule has 2 aromatic carbocycles. The van der Waals surface area contributed by atoms with Crippen molar-refractivity contribution in [1.29, 1.82) is 0 Å². The van der Waals surface area contributed by atoms with Crippen molar-refractivity contribution in [3.05, 3.63) is 48.0 Å². The highest BCUT2D eigenvalue weighted by molar-refractivity contribution is 7.92. The van der Waals surface area contributed by atoms with Gasteiger partial charge in [-0.05, 0) is 31.2 Å². The third-order valence-electron chi connectivity index (χ3n) is 3.71. The van der Waals surface area contributed by atoms with Gasteiger partial charge in [-0.1, -0.05) is 17.7 Å². The minimum atomic E-state index is -4.05. The van der Waals surface area contributed by atoms with Crippen molar-refractivity contribution in [3.63, 3.8) is 0 Å². The van der Waals surface area contributed by atoms with Crippen LogP contribution in [-0.4, -0.2) is 35.1 Å². The van der Waals surface area contributed by atoms with E-state index in [4.69, 9.17) is 15.3 Å². The van der Waals surface area contributed by atoms with Crippen LogP contribution in [0.15, 0.2) is 47.4 Å². The zero-order chi connectivity index (χ0) is 19.3. The smallest absolute Gasteiger partial charge is 0.264 e. The number of nitrogens with zero attached hydrogens (tertiary/aromatic N) is 1. The summed E-state index contributed by atoms with van der Waals surface area (Å²) in [6, 6.07) is 11.0. The van der Waals surface area contributed by atoms with Crippen molar-refractivity contribution in [2.24, 2.45) is 5.84 Å². The first-order valence-electron chi connectivity index (χ1n) is 7.64. The normalized spacial score (nSPS) is 10.9. The number of amides is 1. The number of rotatable bonds is 7. The Morgan fingerprint density at radius 3 is 2.23 bits per heavy atom. The van der Waals surface area contributed by atoms with E-state index in [1.165, 1.54) is 32.4 Å². The number of benzene rings is 2. The van der Waals surface area contributed by atoms with Gasteiger partial charge in [0.25, 0.3) is 15.9 Å². The Morgan fingerprint density at radius 2 is 1.69 bits per heavy atom. The molecule has 0 aliphatic carbocycles. The number of carbonyl (C=O) groups excluding carboxylic acids is 1. The van der Waals surface area contributed by atoms with Crippen molar-refractivity contribution >= 4 is 21.6 Å². The quantitative estimate of drug-likeness (QED) is 0.425. The molecule has 2 rings (SSSR count). The fourth-order valence-electron chi connectivity index (χ4n) is 2.31. The Kier molecular flexibility index (Phi) is 6.06. The number of methoxy groups -OCH3 is 2. The summed E-state index contributed by atoms with van der Waals surface area (Å²) in [6.45, 7) is 1.42. The molecule has 3 N–H and O–H groups in total. The van der Waals surface area contributed by atoms with Crippen LogP contribution in [0.3, 0.4) is 0 Å². The maximum absolute atomic E-state index is 13.1. The average molecular weight is 379 g/mol. The fourth-order valence-corrected chi connectivity index (χ4v) is 3.74. The molecule has 0 radical (unpaired) electrons. The van der Waals surface area contributed by atoms with Gasteiger partial charge in [0.15, 0.2) is 11.5 Å². The first kappa shape index (κ1) is 19.5. The summed E-state index contributed by atoms with van der Waals surface area (Å²) < 4.78 is 37.6. The Morgan fingerprint density at radius 1 is 1.08 bits per heavy atom. The molecule has 0 saturated carbocycles. The van der Waals surface area contributed by atoms with Gasteiger partial charge in [0.05, 0.1) is 24.8 Å². The molecule has 1 amide bonds. The van der Waals surface area contributed by atoms with Crippen LogP contribution >= 0.6 is 0 Å². The summed E-state index contributed by atoms with van der Waals surface area (Å²) in [6.07, 6.45) is 0. The highest BCUT2D eigenvalue weighted by Crippen LogP contribution is 2.32. The number of sulfonamides is 1. The van der Waals surface area contributed by atoms with E-state index in [0.29, 0.717) is 11.4 Å². The van der Waals surface area contributed by atoms with Crippen LogP contribution in [-0.2, 0) is 14.8 Å². The van der Waals surface area contributed by atoms with E-state index in [2.05, 4.69) is 0 Å². The molecule has 0 aliphatic rings. The van der Waals surface area contributed by atoms with Crippen LogP contribution in [0.2, 0.25) is 0 Å². The number of ether oxygens (including phenoxy) is 2. The molecule has 140 valence electrons. The third-order valence-corrected chi connectivity index (χ3v) is 5.48. The first-order chi connectivity index (χ1) is 12.3. The minimum absolute atomic E-state index is 0.0412. The zero-order valence-corrected chi connectivity index (χ0v) is 15.5. The van der Waals surface area contributed by atoms with E-state index in [0.717, 1.165) is 9.87 Å². The number of anilines is 1. The molecule has 0 bridgehead atoms. The predicted molar refractivity (Wildman–Crippen MR) is 97.6 cm³/mol. The molecule has 0 saturated heterocycles. The molecule has 0 heterocycles. The van der Waals surface area contributed by atoms with Gasteiger partial charge in [-0.15, -0.1) is 0 Å². The lowest BCUT2D eigenvalue weighted by Gasteiger charge is -2.24. The molecule has 8 nitrogen and oxygen atoms in total. The maximum atomic E-state index is 13.1. The van der Waals surface area contributed by atoms with Gasteiger partial charge < -0.3 is 9.47 Å². The van der Waals surface area contributed by atoms with Crippen molar-refractivity contribution < 1.29 is 22.7 Å². The largest absolute Gasteiger partial charge is 0.493 e. The standard InChI is InChI=1S/C17H21N3O5S/c1-12-4-6-13(7-5-12)20(11-17(21)19-18)26(22,23)14-8-9-15(24-2)16(10-14)25-3/h4-10H,11,18H2,1-3H3,(H,19,21). The summed E-state index contributed by atoms with van der Waals surface area (Å²) in [5, 5.41) is 0. The number of nitrogens with one attached hydrogen (secondary N) is 1. The Bertz CT molecular complexity index is 882. The van der Waals surface area contributed by atoms with E-state index < -0.39 is 22.5 Å². The monoisotopic (exact) mass is 379 g/mol. The predicted octanol–water partition coefficient (Wildman–Crippen LogP) is 1.20. The van der Waals surface area contributed by atoms with Gasteiger partial charge >= 0.3 is 0 Å². The summed E-state index contributed by atoms with van der Waals surface area (Å²) in [4.78, 5) is 11.7. The number of carbonyl (C=O) groups is 1. The lowest BCUT2D eigenvalue weighted by atomic mass is 10.2. The maximum Gasteiger partial charge on any atom is 0.264 e. The fraction of sp³-hybridized carbons (Fsp3) is 0.235. The van der Waals surface area contributed by atoms with E-state index in [1.54, 1.807) is 24.3 Å². The second-order valence-electron chi connectivity index (χ2n) is 5.43. The molecule has 0 spiro atoms. The Labute approximate surface area is 152 Å². The molecule has 0 fully saturated rings. The van der Waals surface area contributed by atoms with Crippen LogP contribution in [0, 0.1) is 6.92 Å². The van der Waals surface area contributed by atoms with Gasteiger partial charge in [-0.3, -0.25) is 14.5 Å².